The van der Waals surface area contributed by atoms with E-state index in [1.807, 2.05) is 24.3 Å². The molecule has 0 heterocycles. The molecular formula is C13H16Br2O3. The SMILES string of the molecule is COCCOC1C(Br)CC1Oc1ccc(Br)cc1. The van der Waals surface area contributed by atoms with Crippen LogP contribution in [0.4, 0.5) is 0 Å². The number of methoxy groups -OCH3 is 1. The van der Waals surface area contributed by atoms with E-state index in [1.54, 1.807) is 7.11 Å². The molecule has 0 aliphatic heterocycles. The highest BCUT2D eigenvalue weighted by Gasteiger charge is 2.42. The minimum atomic E-state index is 0.101. The first-order valence-corrected chi connectivity index (χ1v) is 7.58. The summed E-state index contributed by atoms with van der Waals surface area (Å²) >= 11 is 7.00. The van der Waals surface area contributed by atoms with E-state index in [9.17, 15) is 0 Å². The fraction of sp³-hybridized carbons (Fsp3) is 0.538. The molecule has 1 aromatic rings. The summed E-state index contributed by atoms with van der Waals surface area (Å²) in [5.74, 6) is 0.878. The molecule has 0 spiro atoms. The van der Waals surface area contributed by atoms with Crippen LogP contribution in [0.5, 0.6) is 5.75 Å². The maximum atomic E-state index is 5.90. The Balaban J connectivity index is 1.83. The van der Waals surface area contributed by atoms with E-state index in [-0.39, 0.29) is 12.2 Å². The smallest absolute Gasteiger partial charge is 0.127 e. The Morgan fingerprint density at radius 2 is 1.94 bits per heavy atom. The molecule has 1 saturated carbocycles. The van der Waals surface area contributed by atoms with Crippen molar-refractivity contribution in [3.8, 4) is 5.75 Å². The third-order valence-electron chi connectivity index (χ3n) is 2.88. The number of halogens is 2. The zero-order valence-corrected chi connectivity index (χ0v) is 13.3. The summed E-state index contributed by atoms with van der Waals surface area (Å²) in [6.07, 6.45) is 1.18. The highest BCUT2D eigenvalue weighted by molar-refractivity contribution is 9.10. The lowest BCUT2D eigenvalue weighted by atomic mass is 9.91. The standard InChI is InChI=1S/C13H16Br2O3/c1-16-6-7-17-13-11(15)8-12(13)18-10-4-2-9(14)3-5-10/h2-5,11-13H,6-8H2,1H3. The number of alkyl halides is 1. The average molecular weight is 380 g/mol. The molecule has 0 radical (unpaired) electrons. The zero-order chi connectivity index (χ0) is 13.0. The van der Waals surface area contributed by atoms with E-state index in [1.165, 1.54) is 0 Å². The van der Waals surface area contributed by atoms with Gasteiger partial charge in [0.2, 0.25) is 0 Å². The number of ether oxygens (including phenoxy) is 3. The Morgan fingerprint density at radius 3 is 2.56 bits per heavy atom. The molecule has 3 unspecified atom stereocenters. The summed E-state index contributed by atoms with van der Waals surface area (Å²) in [4.78, 5) is 0.370. The number of hydrogen-bond donors (Lipinski definition) is 0. The molecule has 0 N–H and O–H groups in total. The van der Waals surface area contributed by atoms with Crippen molar-refractivity contribution in [2.75, 3.05) is 20.3 Å². The molecule has 0 aromatic heterocycles. The van der Waals surface area contributed by atoms with Gasteiger partial charge >= 0.3 is 0 Å². The van der Waals surface area contributed by atoms with E-state index < -0.39 is 0 Å². The van der Waals surface area contributed by atoms with Crippen molar-refractivity contribution in [2.45, 2.75) is 23.5 Å². The van der Waals surface area contributed by atoms with Crippen LogP contribution in [-0.4, -0.2) is 37.4 Å². The Morgan fingerprint density at radius 1 is 1.22 bits per heavy atom. The van der Waals surface area contributed by atoms with E-state index in [0.717, 1.165) is 16.6 Å². The molecule has 1 fully saturated rings. The van der Waals surface area contributed by atoms with Crippen LogP contribution in [0.15, 0.2) is 28.7 Å². The molecule has 1 aromatic carbocycles. The topological polar surface area (TPSA) is 27.7 Å². The van der Waals surface area contributed by atoms with E-state index >= 15 is 0 Å². The zero-order valence-electron chi connectivity index (χ0n) is 10.1. The average Bonchev–Trinajstić information content (AvgIpc) is 2.36. The van der Waals surface area contributed by atoms with Crippen molar-refractivity contribution in [3.05, 3.63) is 28.7 Å². The van der Waals surface area contributed by atoms with Crippen molar-refractivity contribution >= 4 is 31.9 Å². The fourth-order valence-corrected chi connectivity index (χ4v) is 2.94. The Labute approximate surface area is 124 Å². The van der Waals surface area contributed by atoms with Crippen molar-refractivity contribution in [3.63, 3.8) is 0 Å². The van der Waals surface area contributed by atoms with Crippen molar-refractivity contribution in [1.82, 2.24) is 0 Å². The van der Waals surface area contributed by atoms with E-state index in [4.69, 9.17) is 14.2 Å². The second-order valence-corrected chi connectivity index (χ2v) is 6.28. The van der Waals surface area contributed by atoms with Crippen LogP contribution in [0.1, 0.15) is 6.42 Å². The molecule has 1 aliphatic carbocycles. The van der Waals surface area contributed by atoms with Gasteiger partial charge < -0.3 is 14.2 Å². The Bertz CT molecular complexity index is 369. The van der Waals surface area contributed by atoms with Crippen molar-refractivity contribution in [1.29, 1.82) is 0 Å². The predicted octanol–water partition coefficient (Wildman–Crippen LogP) is 3.40. The van der Waals surface area contributed by atoms with Crippen LogP contribution in [0, 0.1) is 0 Å². The summed E-state index contributed by atoms with van der Waals surface area (Å²) in [6, 6.07) is 7.86. The predicted molar refractivity (Wildman–Crippen MR) is 77.5 cm³/mol. The minimum Gasteiger partial charge on any atom is -0.488 e. The minimum absolute atomic E-state index is 0.101. The van der Waals surface area contributed by atoms with Crippen LogP contribution in [0.3, 0.4) is 0 Å². The summed E-state index contributed by atoms with van der Waals surface area (Å²) in [6.45, 7) is 1.21. The van der Waals surface area contributed by atoms with Gasteiger partial charge in [-0.25, -0.2) is 0 Å². The first-order valence-electron chi connectivity index (χ1n) is 5.87. The van der Waals surface area contributed by atoms with Crippen LogP contribution in [-0.2, 0) is 9.47 Å². The lowest BCUT2D eigenvalue weighted by molar-refractivity contribution is -0.0865. The summed E-state index contributed by atoms with van der Waals surface area (Å²) in [7, 11) is 1.67. The van der Waals surface area contributed by atoms with E-state index in [0.29, 0.717) is 18.0 Å². The van der Waals surface area contributed by atoms with Gasteiger partial charge in [-0.05, 0) is 24.3 Å². The summed E-state index contributed by atoms with van der Waals surface area (Å²) < 4.78 is 17.7. The molecule has 3 nitrogen and oxygen atoms in total. The molecule has 3 atom stereocenters. The highest BCUT2D eigenvalue weighted by atomic mass is 79.9. The van der Waals surface area contributed by atoms with Gasteiger partial charge in [0.1, 0.15) is 18.0 Å². The Hall–Kier alpha value is -0.100. The maximum absolute atomic E-state index is 5.90. The van der Waals surface area contributed by atoms with Crippen LogP contribution >= 0.6 is 31.9 Å². The van der Waals surface area contributed by atoms with Gasteiger partial charge in [0, 0.05) is 22.8 Å². The second kappa shape index (κ2) is 6.89. The molecule has 18 heavy (non-hydrogen) atoms. The quantitative estimate of drug-likeness (QED) is 0.560. The highest BCUT2D eigenvalue weighted by Crippen LogP contribution is 2.34. The third-order valence-corrected chi connectivity index (χ3v) is 4.30. The van der Waals surface area contributed by atoms with Crippen LogP contribution in [0.25, 0.3) is 0 Å². The van der Waals surface area contributed by atoms with Gasteiger partial charge in [0.05, 0.1) is 13.2 Å². The summed E-state index contributed by atoms with van der Waals surface area (Å²) in [5, 5.41) is 0. The monoisotopic (exact) mass is 378 g/mol. The Kier molecular flexibility index (Phi) is 5.48. The molecule has 1 aliphatic rings. The van der Waals surface area contributed by atoms with Gasteiger partial charge in [-0.1, -0.05) is 31.9 Å². The van der Waals surface area contributed by atoms with Crippen molar-refractivity contribution < 1.29 is 14.2 Å². The second-order valence-electron chi connectivity index (χ2n) is 4.19. The normalized spacial score (nSPS) is 26.7. The largest absolute Gasteiger partial charge is 0.488 e. The molecular weight excluding hydrogens is 364 g/mol. The lowest BCUT2D eigenvalue weighted by Crippen LogP contribution is -2.52. The van der Waals surface area contributed by atoms with Gasteiger partial charge in [-0.15, -0.1) is 0 Å². The maximum Gasteiger partial charge on any atom is 0.127 e. The van der Waals surface area contributed by atoms with Crippen LogP contribution < -0.4 is 4.74 Å². The number of rotatable bonds is 6. The lowest BCUT2D eigenvalue weighted by Gasteiger charge is -2.40. The van der Waals surface area contributed by atoms with Gasteiger partial charge in [0.25, 0.3) is 0 Å². The molecule has 2 rings (SSSR count). The first-order chi connectivity index (χ1) is 8.70. The molecule has 0 amide bonds. The van der Waals surface area contributed by atoms with Gasteiger partial charge in [-0.3, -0.25) is 0 Å². The molecule has 0 saturated heterocycles. The van der Waals surface area contributed by atoms with Crippen molar-refractivity contribution in [2.24, 2.45) is 0 Å². The molecule has 5 heteroatoms. The van der Waals surface area contributed by atoms with E-state index in [2.05, 4.69) is 31.9 Å². The first kappa shape index (κ1) is 14.3. The fourth-order valence-electron chi connectivity index (χ4n) is 1.81. The third kappa shape index (κ3) is 3.70. The number of hydrogen-bond acceptors (Lipinski definition) is 3. The summed E-state index contributed by atoms with van der Waals surface area (Å²) in [5.41, 5.74) is 0. The number of benzene rings is 1. The van der Waals surface area contributed by atoms with Gasteiger partial charge in [-0.2, -0.15) is 0 Å². The molecule has 100 valence electrons. The van der Waals surface area contributed by atoms with Crippen LogP contribution in [0.2, 0.25) is 0 Å². The van der Waals surface area contributed by atoms with Gasteiger partial charge in [0.15, 0.2) is 0 Å². The molecule has 0 bridgehead atoms.